The van der Waals surface area contributed by atoms with Crippen LogP contribution in [0.4, 0.5) is 0 Å². The number of amides is 1. The predicted molar refractivity (Wildman–Crippen MR) is 83.7 cm³/mol. The van der Waals surface area contributed by atoms with Gasteiger partial charge in [-0.3, -0.25) is 9.69 Å². The van der Waals surface area contributed by atoms with E-state index >= 15 is 0 Å². The van der Waals surface area contributed by atoms with E-state index in [1.165, 1.54) is 11.1 Å². The van der Waals surface area contributed by atoms with Gasteiger partial charge in [0, 0.05) is 13.6 Å². The number of aryl methyl sites for hydroxylation is 1. The second-order valence-corrected chi connectivity index (χ2v) is 5.37. The molecule has 4 heteroatoms. The Balaban J connectivity index is 2.41. The van der Waals surface area contributed by atoms with E-state index in [0.29, 0.717) is 13.1 Å². The Morgan fingerprint density at radius 1 is 1.25 bits per heavy atom. The molecule has 0 heterocycles. The number of carbonyl (C=O) groups excluding carboxylic acids is 1. The third-order valence-electron chi connectivity index (χ3n) is 3.47. The van der Waals surface area contributed by atoms with Crippen molar-refractivity contribution in [2.24, 2.45) is 0 Å². The van der Waals surface area contributed by atoms with E-state index in [2.05, 4.69) is 29.3 Å². The highest BCUT2D eigenvalue weighted by atomic mass is 16.2. The van der Waals surface area contributed by atoms with Gasteiger partial charge >= 0.3 is 0 Å². The van der Waals surface area contributed by atoms with Gasteiger partial charge in [-0.2, -0.15) is 0 Å². The molecule has 0 atom stereocenters. The van der Waals surface area contributed by atoms with Crippen molar-refractivity contribution in [2.75, 3.05) is 40.8 Å². The second-order valence-electron chi connectivity index (χ2n) is 5.37. The molecule has 0 unspecified atom stereocenters. The average Bonchev–Trinajstić information content (AvgIpc) is 2.41. The Hall–Kier alpha value is -1.39. The van der Waals surface area contributed by atoms with Crippen LogP contribution < -0.4 is 5.32 Å². The second kappa shape index (κ2) is 8.72. The van der Waals surface area contributed by atoms with Crippen LogP contribution in [0.3, 0.4) is 0 Å². The van der Waals surface area contributed by atoms with Gasteiger partial charge in [0.15, 0.2) is 0 Å². The third kappa shape index (κ3) is 5.72. The summed E-state index contributed by atoms with van der Waals surface area (Å²) in [5, 5.41) is 3.12. The Morgan fingerprint density at radius 3 is 2.60 bits per heavy atom. The molecule has 4 nitrogen and oxygen atoms in total. The van der Waals surface area contributed by atoms with E-state index in [1.807, 2.05) is 33.3 Å². The average molecular weight is 277 g/mol. The summed E-state index contributed by atoms with van der Waals surface area (Å²) in [5.41, 5.74) is 2.44. The lowest BCUT2D eigenvalue weighted by Gasteiger charge is -2.22. The summed E-state index contributed by atoms with van der Waals surface area (Å²) in [6.07, 6.45) is 1.06. The van der Waals surface area contributed by atoms with Gasteiger partial charge in [-0.1, -0.05) is 24.3 Å². The van der Waals surface area contributed by atoms with Crippen molar-refractivity contribution in [1.82, 2.24) is 15.1 Å². The summed E-state index contributed by atoms with van der Waals surface area (Å²) in [5.74, 6) is 0.167. The number of benzene rings is 1. The Labute approximate surface area is 122 Å². The smallest absolute Gasteiger partial charge is 0.236 e. The molecule has 0 aliphatic carbocycles. The van der Waals surface area contributed by atoms with Crippen molar-refractivity contribution in [1.29, 1.82) is 0 Å². The molecule has 0 bridgehead atoms. The number of hydrogen-bond donors (Lipinski definition) is 1. The number of carbonyl (C=O) groups is 1. The van der Waals surface area contributed by atoms with Gasteiger partial charge in [0.25, 0.3) is 0 Å². The summed E-state index contributed by atoms with van der Waals surface area (Å²) < 4.78 is 0. The fourth-order valence-electron chi connectivity index (χ4n) is 2.09. The minimum absolute atomic E-state index is 0.167. The number of nitrogens with zero attached hydrogens (tertiary/aromatic N) is 2. The minimum atomic E-state index is 0.167. The molecule has 1 aromatic rings. The molecule has 1 rings (SSSR count). The molecule has 0 radical (unpaired) electrons. The Bertz CT molecular complexity index is 420. The van der Waals surface area contributed by atoms with Crippen LogP contribution in [-0.2, 0) is 11.3 Å². The maximum atomic E-state index is 12.2. The topological polar surface area (TPSA) is 35.6 Å². The van der Waals surface area contributed by atoms with Gasteiger partial charge in [-0.05, 0) is 51.7 Å². The Morgan fingerprint density at radius 2 is 1.95 bits per heavy atom. The monoisotopic (exact) mass is 277 g/mol. The Kier molecular flexibility index (Phi) is 7.26. The standard InChI is InChI=1S/C16H27N3O/c1-14-8-5-6-9-15(14)12-19(4)16(20)13-18(3)11-7-10-17-2/h5-6,8-9,17H,7,10-13H2,1-4H3. The molecule has 1 N–H and O–H groups in total. The molecular formula is C16H27N3O. The first-order valence-electron chi connectivity index (χ1n) is 7.16. The lowest BCUT2D eigenvalue weighted by atomic mass is 10.1. The zero-order chi connectivity index (χ0) is 15.0. The van der Waals surface area contributed by atoms with Crippen molar-refractivity contribution >= 4 is 5.91 Å². The highest BCUT2D eigenvalue weighted by Crippen LogP contribution is 2.09. The highest BCUT2D eigenvalue weighted by molar-refractivity contribution is 5.78. The van der Waals surface area contributed by atoms with Gasteiger partial charge in [-0.15, -0.1) is 0 Å². The van der Waals surface area contributed by atoms with Gasteiger partial charge in [0.1, 0.15) is 0 Å². The molecule has 112 valence electrons. The molecule has 0 saturated heterocycles. The third-order valence-corrected chi connectivity index (χ3v) is 3.47. The molecule has 1 amide bonds. The van der Waals surface area contributed by atoms with Crippen molar-refractivity contribution in [3.63, 3.8) is 0 Å². The van der Waals surface area contributed by atoms with Gasteiger partial charge in [0.05, 0.1) is 6.54 Å². The summed E-state index contributed by atoms with van der Waals surface area (Å²) in [7, 11) is 5.81. The molecule has 0 aliphatic heterocycles. The van der Waals surface area contributed by atoms with E-state index in [9.17, 15) is 4.79 Å². The van der Waals surface area contributed by atoms with Gasteiger partial charge < -0.3 is 10.2 Å². The zero-order valence-corrected chi connectivity index (χ0v) is 13.1. The van der Waals surface area contributed by atoms with Crippen LogP contribution in [0.5, 0.6) is 0 Å². The van der Waals surface area contributed by atoms with Crippen molar-refractivity contribution in [2.45, 2.75) is 19.9 Å². The van der Waals surface area contributed by atoms with Gasteiger partial charge in [0.2, 0.25) is 5.91 Å². The molecule has 20 heavy (non-hydrogen) atoms. The van der Waals surface area contributed by atoms with Crippen LogP contribution in [0, 0.1) is 6.92 Å². The fourth-order valence-corrected chi connectivity index (χ4v) is 2.09. The minimum Gasteiger partial charge on any atom is -0.340 e. The van der Waals surface area contributed by atoms with Crippen LogP contribution in [-0.4, -0.2) is 56.5 Å². The van der Waals surface area contributed by atoms with E-state index in [0.717, 1.165) is 19.5 Å². The van der Waals surface area contributed by atoms with Crippen molar-refractivity contribution in [3.05, 3.63) is 35.4 Å². The molecule has 0 aromatic heterocycles. The lowest BCUT2D eigenvalue weighted by Crippen LogP contribution is -2.37. The van der Waals surface area contributed by atoms with Crippen LogP contribution in [0.2, 0.25) is 0 Å². The fraction of sp³-hybridized carbons (Fsp3) is 0.562. The maximum absolute atomic E-state index is 12.2. The van der Waals surface area contributed by atoms with Crippen molar-refractivity contribution in [3.8, 4) is 0 Å². The van der Waals surface area contributed by atoms with Crippen LogP contribution in [0.1, 0.15) is 17.5 Å². The first-order valence-corrected chi connectivity index (χ1v) is 7.16. The molecule has 1 aromatic carbocycles. The van der Waals surface area contributed by atoms with Crippen LogP contribution in [0.25, 0.3) is 0 Å². The summed E-state index contributed by atoms with van der Waals surface area (Å²) in [6, 6.07) is 8.20. The number of rotatable bonds is 8. The van der Waals surface area contributed by atoms with E-state index < -0.39 is 0 Å². The molecule has 0 aliphatic rings. The highest BCUT2D eigenvalue weighted by Gasteiger charge is 2.12. The van der Waals surface area contributed by atoms with E-state index in [4.69, 9.17) is 0 Å². The first kappa shape index (κ1) is 16.7. The predicted octanol–water partition coefficient (Wildman–Crippen LogP) is 1.49. The summed E-state index contributed by atoms with van der Waals surface area (Å²) >= 11 is 0. The molecule has 0 spiro atoms. The quantitative estimate of drug-likeness (QED) is 0.731. The van der Waals surface area contributed by atoms with Crippen LogP contribution in [0.15, 0.2) is 24.3 Å². The molecule has 0 saturated carbocycles. The van der Waals surface area contributed by atoms with E-state index in [1.54, 1.807) is 4.90 Å². The summed E-state index contributed by atoms with van der Waals surface area (Å²) in [4.78, 5) is 16.1. The SMILES string of the molecule is CNCCCN(C)CC(=O)N(C)Cc1ccccc1C. The largest absolute Gasteiger partial charge is 0.340 e. The van der Waals surface area contributed by atoms with Crippen molar-refractivity contribution < 1.29 is 4.79 Å². The maximum Gasteiger partial charge on any atom is 0.236 e. The van der Waals surface area contributed by atoms with Crippen LogP contribution >= 0.6 is 0 Å². The van der Waals surface area contributed by atoms with Gasteiger partial charge in [-0.25, -0.2) is 0 Å². The van der Waals surface area contributed by atoms with E-state index in [-0.39, 0.29) is 5.91 Å². The molecular weight excluding hydrogens is 250 g/mol. The normalized spacial score (nSPS) is 10.8. The lowest BCUT2D eigenvalue weighted by molar-refractivity contribution is -0.131. The number of hydrogen-bond acceptors (Lipinski definition) is 3. The first-order chi connectivity index (χ1) is 9.54. The molecule has 0 fully saturated rings. The number of nitrogens with one attached hydrogen (secondary N) is 1. The number of likely N-dealkylation sites (N-methyl/N-ethyl adjacent to an activating group) is 2. The zero-order valence-electron chi connectivity index (χ0n) is 13.1. The summed E-state index contributed by atoms with van der Waals surface area (Å²) in [6.45, 7) is 5.15.